The second-order valence-corrected chi connectivity index (χ2v) is 7.23. The molecule has 1 aromatic rings. The van der Waals surface area contributed by atoms with Crippen molar-refractivity contribution in [3.05, 3.63) is 35.4 Å². The van der Waals surface area contributed by atoms with Crippen molar-refractivity contribution in [1.29, 1.82) is 0 Å². The van der Waals surface area contributed by atoms with Crippen LogP contribution in [0.5, 0.6) is 0 Å². The van der Waals surface area contributed by atoms with Crippen LogP contribution in [0.3, 0.4) is 0 Å². The highest BCUT2D eigenvalue weighted by molar-refractivity contribution is 5.86. The molecule has 164 valence electrons. The maximum atomic E-state index is 12.9. The van der Waals surface area contributed by atoms with Gasteiger partial charge < -0.3 is 20.3 Å². The first kappa shape index (κ1) is 24.7. The second kappa shape index (κ2) is 12.3. The van der Waals surface area contributed by atoms with Gasteiger partial charge in [0.2, 0.25) is 5.91 Å². The number of alkyl halides is 3. The lowest BCUT2D eigenvalue weighted by molar-refractivity contribution is -0.137. The van der Waals surface area contributed by atoms with Gasteiger partial charge in [0.1, 0.15) is 0 Å². The molecule has 0 atom stereocenters. The number of halogens is 3. The molecule has 0 aliphatic heterocycles. The third kappa shape index (κ3) is 10.7. The number of likely N-dealkylation sites (N-methyl/N-ethyl adjacent to an activating group) is 1. The number of hydrogen-bond acceptors (Lipinski definition) is 3. The first-order valence-electron chi connectivity index (χ1n) is 9.55. The van der Waals surface area contributed by atoms with Crippen molar-refractivity contribution in [2.24, 2.45) is 10.9 Å². The van der Waals surface area contributed by atoms with Gasteiger partial charge in [-0.25, -0.2) is 4.99 Å². The summed E-state index contributed by atoms with van der Waals surface area (Å²) in [6, 6.07) is 5.03. The number of benzene rings is 1. The topological polar surface area (TPSA) is 66.0 Å². The molecule has 0 saturated carbocycles. The molecule has 0 aromatic heterocycles. The van der Waals surface area contributed by atoms with E-state index in [1.165, 1.54) is 11.0 Å². The zero-order valence-electron chi connectivity index (χ0n) is 17.5. The Kier molecular flexibility index (Phi) is 10.5. The van der Waals surface area contributed by atoms with E-state index < -0.39 is 11.7 Å². The number of nitrogens with zero attached hydrogens (tertiary/aromatic N) is 2. The Bertz CT molecular complexity index is 661. The molecule has 0 aliphatic carbocycles. The maximum absolute atomic E-state index is 12.9. The smallest absolute Gasteiger partial charge is 0.380 e. The highest BCUT2D eigenvalue weighted by Crippen LogP contribution is 2.29. The van der Waals surface area contributed by atoms with Gasteiger partial charge in [0.15, 0.2) is 5.96 Å². The average Bonchev–Trinajstić information content (AvgIpc) is 2.64. The molecule has 0 spiro atoms. The van der Waals surface area contributed by atoms with Crippen molar-refractivity contribution in [3.63, 3.8) is 0 Å². The molecule has 0 saturated heterocycles. The predicted molar refractivity (Wildman–Crippen MR) is 108 cm³/mol. The van der Waals surface area contributed by atoms with Crippen LogP contribution in [0.4, 0.5) is 13.2 Å². The first-order chi connectivity index (χ1) is 13.6. The third-order valence-corrected chi connectivity index (χ3v) is 3.96. The number of carbonyl (C=O) groups is 1. The van der Waals surface area contributed by atoms with E-state index in [4.69, 9.17) is 4.74 Å². The van der Waals surface area contributed by atoms with Crippen LogP contribution in [0, 0.1) is 5.92 Å². The molecule has 0 aliphatic rings. The minimum Gasteiger partial charge on any atom is -0.380 e. The van der Waals surface area contributed by atoms with Crippen LogP contribution in [0.2, 0.25) is 0 Å². The summed E-state index contributed by atoms with van der Waals surface area (Å²) in [6.07, 6.45) is -3.43. The van der Waals surface area contributed by atoms with E-state index in [0.29, 0.717) is 37.2 Å². The summed E-state index contributed by atoms with van der Waals surface area (Å²) >= 11 is 0. The molecule has 0 radical (unpaired) electrons. The summed E-state index contributed by atoms with van der Waals surface area (Å²) in [7, 11) is 3.28. The number of guanidine groups is 1. The minimum absolute atomic E-state index is 0.0234. The van der Waals surface area contributed by atoms with Crippen LogP contribution < -0.4 is 10.6 Å². The number of hydrogen-bond donors (Lipinski definition) is 2. The van der Waals surface area contributed by atoms with Crippen molar-refractivity contribution in [1.82, 2.24) is 15.5 Å². The Morgan fingerprint density at radius 2 is 1.93 bits per heavy atom. The van der Waals surface area contributed by atoms with Gasteiger partial charge in [-0.1, -0.05) is 26.0 Å². The average molecular weight is 416 g/mol. The number of carbonyl (C=O) groups excluding carboxylic acids is 1. The van der Waals surface area contributed by atoms with Crippen LogP contribution in [-0.2, 0) is 22.3 Å². The Morgan fingerprint density at radius 1 is 1.21 bits per heavy atom. The SMILES string of the molecule is CC(C)CCOCCNC(=NCc1cccc(C(F)(F)F)c1)NCC(=O)N(C)C. The van der Waals surface area contributed by atoms with Gasteiger partial charge in [-0.15, -0.1) is 0 Å². The van der Waals surface area contributed by atoms with Gasteiger partial charge in [0.05, 0.1) is 25.3 Å². The van der Waals surface area contributed by atoms with Gasteiger partial charge in [-0.3, -0.25) is 4.79 Å². The largest absolute Gasteiger partial charge is 0.416 e. The summed E-state index contributed by atoms with van der Waals surface area (Å²) < 4.78 is 44.1. The van der Waals surface area contributed by atoms with E-state index in [2.05, 4.69) is 29.5 Å². The Morgan fingerprint density at radius 3 is 2.55 bits per heavy atom. The standard InChI is InChI=1S/C20H31F3N4O2/c1-15(2)8-10-29-11-9-24-19(26-14-18(28)27(3)4)25-13-16-6-5-7-17(12-16)20(21,22)23/h5-7,12,15H,8-11,13-14H2,1-4H3,(H2,24,25,26). The molecule has 0 unspecified atom stereocenters. The number of amides is 1. The van der Waals surface area contributed by atoms with E-state index in [1.807, 2.05) is 0 Å². The first-order valence-corrected chi connectivity index (χ1v) is 9.55. The number of ether oxygens (including phenoxy) is 1. The molecule has 29 heavy (non-hydrogen) atoms. The van der Waals surface area contributed by atoms with Crippen molar-refractivity contribution in [2.75, 3.05) is 40.4 Å². The molecule has 1 aromatic carbocycles. The van der Waals surface area contributed by atoms with Gasteiger partial charge >= 0.3 is 6.18 Å². The number of aliphatic imine (C=N–C) groups is 1. The van der Waals surface area contributed by atoms with Crippen LogP contribution in [-0.4, -0.2) is 57.2 Å². The summed E-state index contributed by atoms with van der Waals surface area (Å²) in [4.78, 5) is 17.5. The fourth-order valence-electron chi connectivity index (χ4n) is 2.17. The van der Waals surface area contributed by atoms with E-state index >= 15 is 0 Å². The molecule has 0 heterocycles. The fraction of sp³-hybridized carbons (Fsp3) is 0.600. The molecule has 0 fully saturated rings. The van der Waals surface area contributed by atoms with Crippen LogP contribution in [0.25, 0.3) is 0 Å². The van der Waals surface area contributed by atoms with Gasteiger partial charge in [-0.05, 0) is 30.0 Å². The van der Waals surface area contributed by atoms with Crippen molar-refractivity contribution < 1.29 is 22.7 Å². The Hall–Kier alpha value is -2.29. The lowest BCUT2D eigenvalue weighted by Crippen LogP contribution is -2.43. The molecular formula is C20H31F3N4O2. The second-order valence-electron chi connectivity index (χ2n) is 7.23. The predicted octanol–water partition coefficient (Wildman–Crippen LogP) is 2.89. The van der Waals surface area contributed by atoms with Crippen molar-refractivity contribution >= 4 is 11.9 Å². The molecule has 9 heteroatoms. The van der Waals surface area contributed by atoms with E-state index in [-0.39, 0.29) is 19.0 Å². The number of nitrogens with one attached hydrogen (secondary N) is 2. The third-order valence-electron chi connectivity index (χ3n) is 3.96. The summed E-state index contributed by atoms with van der Waals surface area (Å²) in [5, 5.41) is 5.93. The van der Waals surface area contributed by atoms with Gasteiger partial charge in [-0.2, -0.15) is 13.2 Å². The molecule has 6 nitrogen and oxygen atoms in total. The molecule has 0 bridgehead atoms. The molecule has 2 N–H and O–H groups in total. The summed E-state index contributed by atoms with van der Waals surface area (Å²) in [6.45, 7) is 5.88. The van der Waals surface area contributed by atoms with E-state index in [0.717, 1.165) is 18.6 Å². The van der Waals surface area contributed by atoms with Crippen LogP contribution >= 0.6 is 0 Å². The Balaban J connectivity index is 2.67. The van der Waals surface area contributed by atoms with Crippen molar-refractivity contribution in [2.45, 2.75) is 33.0 Å². The van der Waals surface area contributed by atoms with Gasteiger partial charge in [0.25, 0.3) is 0 Å². The normalized spacial score (nSPS) is 12.2. The number of rotatable bonds is 10. The van der Waals surface area contributed by atoms with E-state index in [1.54, 1.807) is 20.2 Å². The molecule has 1 rings (SSSR count). The van der Waals surface area contributed by atoms with Crippen molar-refractivity contribution in [3.8, 4) is 0 Å². The van der Waals surface area contributed by atoms with Gasteiger partial charge in [0, 0.05) is 27.2 Å². The molecule has 1 amide bonds. The van der Waals surface area contributed by atoms with Crippen LogP contribution in [0.15, 0.2) is 29.3 Å². The summed E-state index contributed by atoms with van der Waals surface area (Å²) in [5.74, 6) is 0.753. The highest BCUT2D eigenvalue weighted by atomic mass is 19.4. The zero-order valence-corrected chi connectivity index (χ0v) is 17.5. The Labute approximate surface area is 170 Å². The lowest BCUT2D eigenvalue weighted by Gasteiger charge is -2.15. The quantitative estimate of drug-likeness (QED) is 0.350. The maximum Gasteiger partial charge on any atom is 0.416 e. The monoisotopic (exact) mass is 416 g/mol. The lowest BCUT2D eigenvalue weighted by atomic mass is 10.1. The van der Waals surface area contributed by atoms with E-state index in [9.17, 15) is 18.0 Å². The highest BCUT2D eigenvalue weighted by Gasteiger charge is 2.30. The minimum atomic E-state index is -4.40. The van der Waals surface area contributed by atoms with Crippen LogP contribution in [0.1, 0.15) is 31.4 Å². The zero-order chi connectivity index (χ0) is 21.9. The molecular weight excluding hydrogens is 385 g/mol. The fourth-order valence-corrected chi connectivity index (χ4v) is 2.17. The summed E-state index contributed by atoms with van der Waals surface area (Å²) in [5.41, 5.74) is -0.290.